The fraction of sp³-hybridized carbons (Fsp3) is 0.542. The van der Waals surface area contributed by atoms with Gasteiger partial charge in [-0.25, -0.2) is 4.98 Å². The maximum Gasteiger partial charge on any atom is 0.325 e. The van der Waals surface area contributed by atoms with Gasteiger partial charge in [0.25, 0.3) is 5.91 Å². The summed E-state index contributed by atoms with van der Waals surface area (Å²) in [4.78, 5) is 39.5. The Morgan fingerprint density at radius 2 is 2.03 bits per heavy atom. The zero-order chi connectivity index (χ0) is 26.7. The lowest BCUT2D eigenvalue weighted by Gasteiger charge is -2.22. The summed E-state index contributed by atoms with van der Waals surface area (Å²) in [7, 11) is -2.51. The van der Waals surface area contributed by atoms with Gasteiger partial charge in [-0.1, -0.05) is 13.3 Å². The highest BCUT2D eigenvalue weighted by atomic mass is 32.2. The molecular formula is C24H38N5O5PS. The summed E-state index contributed by atoms with van der Waals surface area (Å²) in [6.45, 7) is 4.21. The van der Waals surface area contributed by atoms with Crippen LogP contribution in [-0.2, 0) is 11.0 Å². The molecule has 0 aliphatic carbocycles. The Hall–Kier alpha value is -2.33. The predicted molar refractivity (Wildman–Crippen MR) is 146 cm³/mol. The van der Waals surface area contributed by atoms with Gasteiger partial charge in [-0.05, 0) is 62.0 Å². The van der Waals surface area contributed by atoms with Crippen molar-refractivity contribution < 1.29 is 23.9 Å². The summed E-state index contributed by atoms with van der Waals surface area (Å²) >= 11 is 1.81. The molecule has 2 aromatic rings. The highest BCUT2D eigenvalue weighted by Gasteiger charge is 2.19. The monoisotopic (exact) mass is 539 g/mol. The Kier molecular flexibility index (Phi) is 12.0. The third kappa shape index (κ3) is 9.61. The van der Waals surface area contributed by atoms with E-state index in [9.17, 15) is 9.36 Å². The molecule has 0 aliphatic rings. The van der Waals surface area contributed by atoms with Crippen molar-refractivity contribution in [3.63, 3.8) is 0 Å². The number of carbonyl (C=O) groups excluding carboxylic acids is 1. The maximum atomic E-state index is 12.7. The molecule has 2 rings (SSSR count). The molecule has 6 N–H and O–H groups in total. The number of hydrogen-bond donors (Lipinski definition) is 5. The Bertz CT molecular complexity index is 1070. The van der Waals surface area contributed by atoms with Gasteiger partial charge < -0.3 is 30.9 Å². The van der Waals surface area contributed by atoms with Crippen LogP contribution in [0.3, 0.4) is 0 Å². The van der Waals surface area contributed by atoms with Crippen molar-refractivity contribution in [3.05, 3.63) is 40.6 Å². The van der Waals surface area contributed by atoms with E-state index in [0.29, 0.717) is 23.6 Å². The van der Waals surface area contributed by atoms with Crippen molar-refractivity contribution in [2.24, 2.45) is 0 Å². The van der Waals surface area contributed by atoms with Gasteiger partial charge in [0.05, 0.1) is 13.3 Å². The Morgan fingerprint density at radius 3 is 2.67 bits per heavy atom. The molecule has 0 fully saturated rings. The van der Waals surface area contributed by atoms with E-state index in [-0.39, 0.29) is 37.0 Å². The number of ether oxygens (including phenoxy) is 1. The number of aromatic nitrogens is 2. The molecule has 36 heavy (non-hydrogen) atoms. The molecule has 0 saturated carbocycles. The minimum Gasteiger partial charge on any atom is -0.496 e. The van der Waals surface area contributed by atoms with Crippen LogP contribution in [-0.4, -0.2) is 63.5 Å². The lowest BCUT2D eigenvalue weighted by Crippen LogP contribution is -2.25. The summed E-state index contributed by atoms with van der Waals surface area (Å²) in [5.41, 5.74) is 8.83. The normalized spacial score (nSPS) is 12.3. The van der Waals surface area contributed by atoms with E-state index in [1.54, 1.807) is 37.1 Å². The van der Waals surface area contributed by atoms with Gasteiger partial charge in [-0.2, -0.15) is 16.7 Å². The fourth-order valence-corrected chi connectivity index (χ4v) is 4.97. The molecule has 12 heteroatoms. The molecule has 0 aliphatic heterocycles. The zero-order valence-electron chi connectivity index (χ0n) is 21.4. The first kappa shape index (κ1) is 29.9. The van der Waals surface area contributed by atoms with E-state index in [4.69, 9.17) is 20.3 Å². The first-order valence-electron chi connectivity index (χ1n) is 12.0. The van der Waals surface area contributed by atoms with E-state index in [2.05, 4.69) is 33.8 Å². The van der Waals surface area contributed by atoms with Crippen LogP contribution in [0.25, 0.3) is 0 Å². The van der Waals surface area contributed by atoms with Gasteiger partial charge in [0.2, 0.25) is 5.95 Å². The Labute approximate surface area is 217 Å². The molecule has 0 saturated heterocycles. The van der Waals surface area contributed by atoms with Crippen LogP contribution in [0.5, 0.6) is 5.75 Å². The second kappa shape index (κ2) is 14.4. The lowest BCUT2D eigenvalue weighted by molar-refractivity contribution is 0.0953. The molecular weight excluding hydrogens is 501 g/mol. The molecule has 0 bridgehead atoms. The number of thioether (sulfide) groups is 1. The van der Waals surface area contributed by atoms with Crippen molar-refractivity contribution in [2.45, 2.75) is 52.0 Å². The number of rotatable bonds is 15. The van der Waals surface area contributed by atoms with E-state index < -0.39 is 7.60 Å². The van der Waals surface area contributed by atoms with Gasteiger partial charge in [0, 0.05) is 35.8 Å². The van der Waals surface area contributed by atoms with Gasteiger partial charge >= 0.3 is 7.60 Å². The van der Waals surface area contributed by atoms with Crippen molar-refractivity contribution in [2.75, 3.05) is 42.9 Å². The van der Waals surface area contributed by atoms with Crippen molar-refractivity contribution in [1.82, 2.24) is 15.3 Å². The number of anilines is 2. The number of nitrogens with two attached hydrogens (primary N) is 1. The highest BCUT2D eigenvalue weighted by molar-refractivity contribution is 7.98. The molecule has 0 radical (unpaired) electrons. The van der Waals surface area contributed by atoms with Crippen LogP contribution >= 0.6 is 19.4 Å². The number of methoxy groups -OCH3 is 1. The number of hydrogen-bond acceptors (Lipinski definition) is 8. The number of nitrogens with zero attached hydrogens (tertiary/aromatic N) is 2. The number of aryl methyl sites for hydroxylation is 1. The van der Waals surface area contributed by atoms with Crippen LogP contribution in [0.15, 0.2) is 18.2 Å². The number of nitrogen functional groups attached to an aromatic ring is 1. The van der Waals surface area contributed by atoms with Gasteiger partial charge in [-0.3, -0.25) is 9.36 Å². The van der Waals surface area contributed by atoms with Crippen LogP contribution in [0.1, 0.15) is 59.8 Å². The van der Waals surface area contributed by atoms with Crippen LogP contribution < -0.4 is 21.1 Å². The maximum absolute atomic E-state index is 12.7. The second-order valence-corrected chi connectivity index (χ2v) is 11.4. The Morgan fingerprint density at radius 1 is 1.28 bits per heavy atom. The molecule has 10 nitrogen and oxygen atoms in total. The van der Waals surface area contributed by atoms with E-state index in [0.717, 1.165) is 41.8 Å². The average Bonchev–Trinajstić information content (AvgIpc) is 2.81. The summed E-state index contributed by atoms with van der Waals surface area (Å²) in [6.07, 6.45) is 5.48. The van der Waals surface area contributed by atoms with E-state index >= 15 is 0 Å². The van der Waals surface area contributed by atoms with Crippen molar-refractivity contribution in [3.8, 4) is 5.75 Å². The number of nitrogens with one attached hydrogen (secondary N) is 2. The molecule has 0 unspecified atom stereocenters. The molecule has 1 aromatic carbocycles. The van der Waals surface area contributed by atoms with Gasteiger partial charge in [0.15, 0.2) is 0 Å². The van der Waals surface area contributed by atoms with E-state index in [1.807, 2.05) is 6.92 Å². The van der Waals surface area contributed by atoms with Gasteiger partial charge in [0.1, 0.15) is 11.6 Å². The Balaban J connectivity index is 2.29. The third-order valence-electron chi connectivity index (χ3n) is 5.70. The summed E-state index contributed by atoms with van der Waals surface area (Å²) in [5.74, 6) is 2.23. The summed E-state index contributed by atoms with van der Waals surface area (Å²) in [6, 6.07) is 5.40. The molecule has 0 spiro atoms. The van der Waals surface area contributed by atoms with Crippen molar-refractivity contribution >= 4 is 37.0 Å². The third-order valence-corrected chi connectivity index (χ3v) is 7.24. The lowest BCUT2D eigenvalue weighted by atomic mass is 10.00. The smallest absolute Gasteiger partial charge is 0.325 e. The van der Waals surface area contributed by atoms with E-state index in [1.165, 1.54) is 0 Å². The highest BCUT2D eigenvalue weighted by Crippen LogP contribution is 2.34. The number of carbonyl (C=O) groups is 1. The largest absolute Gasteiger partial charge is 0.496 e. The summed E-state index contributed by atoms with van der Waals surface area (Å²) in [5, 5.41) is 6.29. The van der Waals surface area contributed by atoms with Gasteiger partial charge in [-0.15, -0.1) is 0 Å². The first-order chi connectivity index (χ1) is 17.1. The molecule has 1 heterocycles. The quantitative estimate of drug-likeness (QED) is 0.167. The molecule has 1 aromatic heterocycles. The minimum absolute atomic E-state index is 0.166. The topological polar surface area (TPSA) is 160 Å². The van der Waals surface area contributed by atoms with Crippen LogP contribution in [0.4, 0.5) is 11.8 Å². The zero-order valence-corrected chi connectivity index (χ0v) is 23.1. The number of amides is 1. The molecule has 1 atom stereocenters. The number of benzene rings is 1. The molecule has 1 amide bonds. The second-order valence-electron chi connectivity index (χ2n) is 8.61. The van der Waals surface area contributed by atoms with Crippen LogP contribution in [0, 0.1) is 6.92 Å². The SMILES string of the molecule is CCC[C@@H](CCSC)Nc1nc(N)nc(C)c1Cc1cc(C(=O)NCCCP(=O)(O)O)ccc1OC. The summed E-state index contributed by atoms with van der Waals surface area (Å²) < 4.78 is 16.6. The minimum atomic E-state index is -4.09. The average molecular weight is 540 g/mol. The fourth-order valence-electron chi connectivity index (χ4n) is 3.88. The molecule has 200 valence electrons. The van der Waals surface area contributed by atoms with Crippen molar-refractivity contribution in [1.29, 1.82) is 0 Å². The van der Waals surface area contributed by atoms with Crippen LogP contribution in [0.2, 0.25) is 0 Å². The standard InChI is InChI=1S/C24H38N5O5PS/c1-5-7-19(10-13-36-4)28-22-20(16(2)27-24(25)29-22)15-18-14-17(8-9-21(18)34-3)23(30)26-11-6-12-35(31,32)33/h8-9,14,19H,5-7,10-13,15H2,1-4H3,(H,26,30)(H2,31,32,33)(H3,25,27,28,29)/t19-/m0/s1. The first-order valence-corrected chi connectivity index (χ1v) is 15.1. The predicted octanol–water partition coefficient (Wildman–Crippen LogP) is 3.60.